The van der Waals surface area contributed by atoms with Crippen molar-refractivity contribution in [2.24, 2.45) is 0 Å². The molecule has 4 aromatic carbocycles. The van der Waals surface area contributed by atoms with Gasteiger partial charge in [0, 0.05) is 52.4 Å². The second-order valence-corrected chi connectivity index (χ2v) is 12.0. The molecule has 5 aromatic heterocycles. The number of aromatic nitrogens is 7. The number of hydrogen-bond acceptors (Lipinski definition) is 8. The third-order valence-corrected chi connectivity index (χ3v) is 8.69. The van der Waals surface area contributed by atoms with Gasteiger partial charge in [-0.2, -0.15) is 0 Å². The lowest BCUT2D eigenvalue weighted by Gasteiger charge is -2.10. The van der Waals surface area contributed by atoms with E-state index in [1.54, 1.807) is 12.4 Å². The number of furan rings is 1. The van der Waals surface area contributed by atoms with Crippen LogP contribution in [-0.4, -0.2) is 34.9 Å². The molecule has 9 heteroatoms. The number of pyridine rings is 2. The van der Waals surface area contributed by atoms with E-state index in [-0.39, 0.29) is 5.28 Å². The molecule has 9 aromatic rings. The third-order valence-electron chi connectivity index (χ3n) is 8.52. The molecule has 236 valence electrons. The molecule has 0 radical (unpaired) electrons. The van der Waals surface area contributed by atoms with E-state index in [4.69, 9.17) is 31.0 Å². The number of benzene rings is 4. The highest BCUT2D eigenvalue weighted by molar-refractivity contribution is 6.29. The molecule has 0 saturated heterocycles. The van der Waals surface area contributed by atoms with Gasteiger partial charge in [-0.25, -0.2) is 24.9 Å². The number of rotatable bonds is 6. The summed E-state index contributed by atoms with van der Waals surface area (Å²) in [6.07, 6.45) is 7.23. The van der Waals surface area contributed by atoms with E-state index < -0.39 is 0 Å². The first kappa shape index (κ1) is 29.5. The Hall–Kier alpha value is -6.64. The standard InChI is InChI=1S/C41H24ClN7O/c42-41-45-35(37-36(46-41)33-7-1-2-8-34(33)50-37)27-13-19-30(20-14-27)40-48-38(28-15-9-25(10-16-28)31-5-3-21-43-23-31)47-39(49-40)29-17-11-26(12-18-29)32-6-4-22-44-24-32/h1-24H. The first-order valence-electron chi connectivity index (χ1n) is 15.9. The van der Waals surface area contributed by atoms with Crippen LogP contribution < -0.4 is 0 Å². The normalized spacial score (nSPS) is 11.3. The van der Waals surface area contributed by atoms with Gasteiger partial charge >= 0.3 is 0 Å². The Labute approximate surface area is 291 Å². The summed E-state index contributed by atoms with van der Waals surface area (Å²) in [5.74, 6) is 1.67. The number of fused-ring (bicyclic) bond motifs is 3. The predicted octanol–water partition coefficient (Wildman–Crippen LogP) is 10.0. The lowest BCUT2D eigenvalue weighted by atomic mass is 10.0. The van der Waals surface area contributed by atoms with Crippen LogP contribution in [0.5, 0.6) is 0 Å². The van der Waals surface area contributed by atoms with E-state index in [0.717, 1.165) is 55.5 Å². The Morgan fingerprint density at radius 3 is 1.40 bits per heavy atom. The highest BCUT2D eigenvalue weighted by atomic mass is 35.5. The molecule has 0 N–H and O–H groups in total. The van der Waals surface area contributed by atoms with E-state index in [1.165, 1.54) is 0 Å². The van der Waals surface area contributed by atoms with Gasteiger partial charge in [0.1, 0.15) is 16.8 Å². The lowest BCUT2D eigenvalue weighted by molar-refractivity contribution is 0.667. The number of halogens is 1. The maximum atomic E-state index is 6.40. The first-order valence-corrected chi connectivity index (χ1v) is 16.3. The van der Waals surface area contributed by atoms with Crippen molar-refractivity contribution in [3.8, 4) is 67.7 Å². The van der Waals surface area contributed by atoms with Crippen LogP contribution in [0.15, 0.2) is 151 Å². The molecular weight excluding hydrogens is 642 g/mol. The van der Waals surface area contributed by atoms with Gasteiger partial charge < -0.3 is 4.42 Å². The maximum Gasteiger partial charge on any atom is 0.223 e. The van der Waals surface area contributed by atoms with E-state index in [2.05, 4.69) is 44.2 Å². The Kier molecular flexibility index (Phi) is 7.33. The van der Waals surface area contributed by atoms with Crippen LogP contribution in [0.3, 0.4) is 0 Å². The van der Waals surface area contributed by atoms with Gasteiger partial charge in [-0.15, -0.1) is 0 Å². The Morgan fingerprint density at radius 2 is 0.900 bits per heavy atom. The van der Waals surface area contributed by atoms with Crippen LogP contribution in [0, 0.1) is 0 Å². The van der Waals surface area contributed by atoms with Crippen LogP contribution >= 0.6 is 11.6 Å². The van der Waals surface area contributed by atoms with Crippen LogP contribution in [0.1, 0.15) is 0 Å². The van der Waals surface area contributed by atoms with Crippen molar-refractivity contribution in [2.45, 2.75) is 0 Å². The molecule has 0 aliphatic carbocycles. The van der Waals surface area contributed by atoms with Crippen molar-refractivity contribution in [3.05, 3.63) is 151 Å². The fraction of sp³-hybridized carbons (Fsp3) is 0. The first-order chi connectivity index (χ1) is 24.7. The minimum Gasteiger partial charge on any atom is -0.452 e. The van der Waals surface area contributed by atoms with Crippen LogP contribution in [-0.2, 0) is 0 Å². The highest BCUT2D eigenvalue weighted by Crippen LogP contribution is 2.35. The number of para-hydroxylation sites is 1. The van der Waals surface area contributed by atoms with Crippen molar-refractivity contribution in [1.82, 2.24) is 34.9 Å². The molecule has 8 nitrogen and oxygen atoms in total. The van der Waals surface area contributed by atoms with Gasteiger partial charge in [0.2, 0.25) is 5.28 Å². The summed E-state index contributed by atoms with van der Waals surface area (Å²) >= 11 is 6.40. The lowest BCUT2D eigenvalue weighted by Crippen LogP contribution is -2.00. The topological polar surface area (TPSA) is 103 Å². The Bertz CT molecular complexity index is 2530. The van der Waals surface area contributed by atoms with E-state index >= 15 is 0 Å². The second-order valence-electron chi connectivity index (χ2n) is 11.6. The summed E-state index contributed by atoms with van der Waals surface area (Å²) in [5, 5.41) is 1.04. The summed E-state index contributed by atoms with van der Waals surface area (Å²) in [6.45, 7) is 0. The fourth-order valence-electron chi connectivity index (χ4n) is 5.99. The minimum absolute atomic E-state index is 0.152. The van der Waals surface area contributed by atoms with Crippen molar-refractivity contribution in [2.75, 3.05) is 0 Å². The quantitative estimate of drug-likeness (QED) is 0.162. The number of nitrogens with zero attached hydrogens (tertiary/aromatic N) is 7. The monoisotopic (exact) mass is 665 g/mol. The molecule has 0 saturated carbocycles. The zero-order valence-corrected chi connectivity index (χ0v) is 27.0. The van der Waals surface area contributed by atoms with E-state index in [0.29, 0.717) is 34.3 Å². The van der Waals surface area contributed by atoms with E-state index in [1.807, 2.05) is 109 Å². The Morgan fingerprint density at radius 1 is 0.420 bits per heavy atom. The molecular formula is C41H24ClN7O. The van der Waals surface area contributed by atoms with Crippen molar-refractivity contribution >= 4 is 33.7 Å². The summed E-state index contributed by atoms with van der Waals surface area (Å²) in [4.78, 5) is 32.4. The molecule has 0 atom stereocenters. The van der Waals surface area contributed by atoms with Crippen molar-refractivity contribution in [3.63, 3.8) is 0 Å². The molecule has 9 rings (SSSR count). The van der Waals surface area contributed by atoms with Gasteiger partial charge in [0.15, 0.2) is 23.1 Å². The minimum atomic E-state index is 0.152. The fourth-order valence-corrected chi connectivity index (χ4v) is 6.16. The van der Waals surface area contributed by atoms with Crippen LogP contribution in [0.25, 0.3) is 89.7 Å². The van der Waals surface area contributed by atoms with Crippen LogP contribution in [0.4, 0.5) is 0 Å². The van der Waals surface area contributed by atoms with Gasteiger partial charge in [-0.05, 0) is 58.1 Å². The van der Waals surface area contributed by atoms with Crippen molar-refractivity contribution in [1.29, 1.82) is 0 Å². The van der Waals surface area contributed by atoms with Gasteiger partial charge in [0.05, 0.1) is 0 Å². The van der Waals surface area contributed by atoms with Crippen molar-refractivity contribution < 1.29 is 4.42 Å². The second kappa shape index (κ2) is 12.4. The molecule has 0 aliphatic rings. The zero-order valence-electron chi connectivity index (χ0n) is 26.3. The summed E-state index contributed by atoms with van der Waals surface area (Å²) < 4.78 is 6.19. The average molecular weight is 666 g/mol. The predicted molar refractivity (Wildman–Crippen MR) is 196 cm³/mol. The van der Waals surface area contributed by atoms with Crippen LogP contribution in [0.2, 0.25) is 5.28 Å². The molecule has 0 unspecified atom stereocenters. The zero-order chi connectivity index (χ0) is 33.4. The van der Waals surface area contributed by atoms with Gasteiger partial charge in [-0.1, -0.05) is 97.1 Å². The molecule has 50 heavy (non-hydrogen) atoms. The molecule has 5 heterocycles. The van der Waals surface area contributed by atoms with E-state index in [9.17, 15) is 0 Å². The average Bonchev–Trinajstić information content (AvgIpc) is 3.57. The molecule has 0 spiro atoms. The molecule has 0 amide bonds. The molecule has 0 bridgehead atoms. The summed E-state index contributed by atoms with van der Waals surface area (Å²) in [6, 6.07) is 39.9. The Balaban J connectivity index is 1.12. The molecule has 0 aliphatic heterocycles. The highest BCUT2D eigenvalue weighted by Gasteiger charge is 2.18. The summed E-state index contributed by atoms with van der Waals surface area (Å²) in [7, 11) is 0. The van der Waals surface area contributed by atoms with Gasteiger partial charge in [-0.3, -0.25) is 9.97 Å². The SMILES string of the molecule is Clc1nc(-c2ccc(-c3nc(-c4ccc(-c5cccnc5)cc4)nc(-c4ccc(-c5cccnc5)cc4)n3)cc2)c2oc3ccccc3c2n1. The van der Waals surface area contributed by atoms with Gasteiger partial charge in [0.25, 0.3) is 0 Å². The largest absolute Gasteiger partial charge is 0.452 e. The summed E-state index contributed by atoms with van der Waals surface area (Å²) in [5.41, 5.74) is 10.2. The number of hydrogen-bond donors (Lipinski definition) is 0. The smallest absolute Gasteiger partial charge is 0.223 e. The maximum absolute atomic E-state index is 6.40. The molecule has 0 fully saturated rings. The third kappa shape index (κ3) is 5.53.